The van der Waals surface area contributed by atoms with Crippen LogP contribution < -0.4 is 5.32 Å². The highest BCUT2D eigenvalue weighted by molar-refractivity contribution is 6.35. The molecule has 1 atom stereocenters. The Morgan fingerprint density at radius 1 is 1.40 bits per heavy atom. The molecule has 0 saturated carbocycles. The van der Waals surface area contributed by atoms with Gasteiger partial charge in [0.25, 0.3) is 0 Å². The molecule has 2 N–H and O–H groups in total. The fourth-order valence-corrected chi connectivity index (χ4v) is 1.66. The summed E-state index contributed by atoms with van der Waals surface area (Å²) >= 11 is 11.8. The molecular formula is C11H15Cl2NO. The fourth-order valence-electron chi connectivity index (χ4n) is 1.18. The third kappa shape index (κ3) is 4.39. The van der Waals surface area contributed by atoms with E-state index in [0.29, 0.717) is 23.1 Å². The van der Waals surface area contributed by atoms with Crippen molar-refractivity contribution in [3.63, 3.8) is 0 Å². The van der Waals surface area contributed by atoms with E-state index in [1.165, 1.54) is 0 Å². The molecule has 0 fully saturated rings. The molecular weight excluding hydrogens is 233 g/mol. The van der Waals surface area contributed by atoms with Crippen LogP contribution in [-0.4, -0.2) is 17.8 Å². The van der Waals surface area contributed by atoms with Crippen molar-refractivity contribution in [1.29, 1.82) is 0 Å². The lowest BCUT2D eigenvalue weighted by Gasteiger charge is -2.10. The SMILES string of the molecule is CCC(O)CNCc1ccc(Cl)cc1Cl. The second-order valence-electron chi connectivity index (χ2n) is 3.43. The number of rotatable bonds is 5. The molecule has 0 saturated heterocycles. The van der Waals surface area contributed by atoms with Crippen LogP contribution in [0.5, 0.6) is 0 Å². The molecule has 0 aliphatic heterocycles. The van der Waals surface area contributed by atoms with Gasteiger partial charge in [-0.05, 0) is 24.1 Å². The first kappa shape index (κ1) is 12.8. The van der Waals surface area contributed by atoms with Crippen molar-refractivity contribution in [2.45, 2.75) is 26.0 Å². The molecule has 1 aromatic carbocycles. The van der Waals surface area contributed by atoms with E-state index in [-0.39, 0.29) is 6.10 Å². The lowest BCUT2D eigenvalue weighted by molar-refractivity contribution is 0.167. The van der Waals surface area contributed by atoms with Crippen LogP contribution in [0, 0.1) is 0 Å². The molecule has 2 nitrogen and oxygen atoms in total. The molecule has 0 bridgehead atoms. The first-order valence-corrected chi connectivity index (χ1v) is 5.71. The lowest BCUT2D eigenvalue weighted by atomic mass is 10.2. The van der Waals surface area contributed by atoms with E-state index < -0.39 is 0 Å². The molecule has 0 aliphatic carbocycles. The Morgan fingerprint density at radius 2 is 2.13 bits per heavy atom. The van der Waals surface area contributed by atoms with Gasteiger partial charge in [-0.3, -0.25) is 0 Å². The van der Waals surface area contributed by atoms with Gasteiger partial charge in [0.05, 0.1) is 6.10 Å². The quantitative estimate of drug-likeness (QED) is 0.839. The van der Waals surface area contributed by atoms with Gasteiger partial charge in [-0.15, -0.1) is 0 Å². The van der Waals surface area contributed by atoms with E-state index in [2.05, 4.69) is 5.32 Å². The van der Waals surface area contributed by atoms with Gasteiger partial charge >= 0.3 is 0 Å². The summed E-state index contributed by atoms with van der Waals surface area (Å²) in [5.74, 6) is 0. The largest absolute Gasteiger partial charge is 0.392 e. The predicted octanol–water partition coefficient (Wildman–Crippen LogP) is 2.85. The van der Waals surface area contributed by atoms with E-state index in [0.717, 1.165) is 12.0 Å². The van der Waals surface area contributed by atoms with Gasteiger partial charge in [0, 0.05) is 23.1 Å². The van der Waals surface area contributed by atoms with Crippen molar-refractivity contribution in [1.82, 2.24) is 5.32 Å². The summed E-state index contributed by atoms with van der Waals surface area (Å²) < 4.78 is 0. The second-order valence-corrected chi connectivity index (χ2v) is 4.27. The molecule has 1 unspecified atom stereocenters. The summed E-state index contributed by atoms with van der Waals surface area (Å²) in [5.41, 5.74) is 0.990. The van der Waals surface area contributed by atoms with E-state index in [1.807, 2.05) is 13.0 Å². The van der Waals surface area contributed by atoms with E-state index in [4.69, 9.17) is 23.2 Å². The minimum absolute atomic E-state index is 0.295. The van der Waals surface area contributed by atoms with Gasteiger partial charge in [0.15, 0.2) is 0 Å². The Morgan fingerprint density at radius 3 is 2.73 bits per heavy atom. The Labute approximate surface area is 100 Å². The summed E-state index contributed by atoms with van der Waals surface area (Å²) in [6.07, 6.45) is 0.456. The normalized spacial score (nSPS) is 12.8. The molecule has 1 rings (SSSR count). The van der Waals surface area contributed by atoms with Gasteiger partial charge in [0.1, 0.15) is 0 Å². The van der Waals surface area contributed by atoms with Crippen molar-refractivity contribution < 1.29 is 5.11 Å². The van der Waals surface area contributed by atoms with Crippen LogP contribution in [0.4, 0.5) is 0 Å². The van der Waals surface area contributed by atoms with Crippen LogP contribution in [-0.2, 0) is 6.54 Å². The van der Waals surface area contributed by atoms with Crippen LogP contribution in [0.2, 0.25) is 10.0 Å². The second kappa shape index (κ2) is 6.33. The zero-order valence-electron chi connectivity index (χ0n) is 8.63. The highest BCUT2D eigenvalue weighted by Gasteiger charge is 2.03. The van der Waals surface area contributed by atoms with E-state index >= 15 is 0 Å². The van der Waals surface area contributed by atoms with Crippen LogP contribution in [0.25, 0.3) is 0 Å². The maximum atomic E-state index is 9.33. The summed E-state index contributed by atoms with van der Waals surface area (Å²) in [7, 11) is 0. The topological polar surface area (TPSA) is 32.3 Å². The molecule has 0 heterocycles. The third-order valence-corrected chi connectivity index (χ3v) is 2.77. The molecule has 0 amide bonds. The molecule has 0 radical (unpaired) electrons. The molecule has 4 heteroatoms. The fraction of sp³-hybridized carbons (Fsp3) is 0.455. The van der Waals surface area contributed by atoms with Crippen LogP contribution >= 0.6 is 23.2 Å². The minimum Gasteiger partial charge on any atom is -0.392 e. The first-order valence-electron chi connectivity index (χ1n) is 4.96. The van der Waals surface area contributed by atoms with E-state index in [1.54, 1.807) is 12.1 Å². The van der Waals surface area contributed by atoms with Crippen molar-refractivity contribution >= 4 is 23.2 Å². The molecule has 0 aliphatic rings. The molecule has 1 aromatic rings. The van der Waals surface area contributed by atoms with Gasteiger partial charge in [0.2, 0.25) is 0 Å². The smallest absolute Gasteiger partial charge is 0.0662 e. The van der Waals surface area contributed by atoms with Crippen molar-refractivity contribution in [3.05, 3.63) is 33.8 Å². The summed E-state index contributed by atoms with van der Waals surface area (Å²) in [6.45, 7) is 3.17. The molecule has 0 aromatic heterocycles. The monoisotopic (exact) mass is 247 g/mol. The Kier molecular flexibility index (Phi) is 5.40. The average molecular weight is 248 g/mol. The van der Waals surface area contributed by atoms with Gasteiger partial charge in [-0.25, -0.2) is 0 Å². The van der Waals surface area contributed by atoms with E-state index in [9.17, 15) is 5.11 Å². The first-order chi connectivity index (χ1) is 7.13. The van der Waals surface area contributed by atoms with Crippen molar-refractivity contribution in [3.8, 4) is 0 Å². The Hall–Kier alpha value is -0.280. The molecule has 0 spiro atoms. The number of benzene rings is 1. The number of aliphatic hydroxyl groups excluding tert-OH is 1. The van der Waals surface area contributed by atoms with Crippen LogP contribution in [0.3, 0.4) is 0 Å². The molecule has 84 valence electrons. The number of nitrogens with one attached hydrogen (secondary N) is 1. The predicted molar refractivity (Wildman–Crippen MR) is 64.5 cm³/mol. The van der Waals surface area contributed by atoms with Gasteiger partial charge in [-0.1, -0.05) is 36.2 Å². The zero-order chi connectivity index (χ0) is 11.3. The summed E-state index contributed by atoms with van der Waals surface area (Å²) in [5, 5.41) is 13.8. The van der Waals surface area contributed by atoms with Crippen LogP contribution in [0.1, 0.15) is 18.9 Å². The van der Waals surface area contributed by atoms with Crippen LogP contribution in [0.15, 0.2) is 18.2 Å². The Bertz CT molecular complexity index is 317. The maximum absolute atomic E-state index is 9.33. The summed E-state index contributed by atoms with van der Waals surface area (Å²) in [4.78, 5) is 0. The van der Waals surface area contributed by atoms with Crippen molar-refractivity contribution in [2.24, 2.45) is 0 Å². The average Bonchev–Trinajstić information content (AvgIpc) is 2.21. The Balaban J connectivity index is 2.44. The maximum Gasteiger partial charge on any atom is 0.0662 e. The minimum atomic E-state index is -0.295. The van der Waals surface area contributed by atoms with Gasteiger partial charge in [-0.2, -0.15) is 0 Å². The number of aliphatic hydroxyl groups is 1. The number of hydrogen-bond donors (Lipinski definition) is 2. The highest BCUT2D eigenvalue weighted by Crippen LogP contribution is 2.20. The zero-order valence-corrected chi connectivity index (χ0v) is 10.1. The lowest BCUT2D eigenvalue weighted by Crippen LogP contribution is -2.25. The standard InChI is InChI=1S/C11H15Cl2NO/c1-2-10(15)7-14-6-8-3-4-9(12)5-11(8)13/h3-5,10,14-15H,2,6-7H2,1H3. The summed E-state index contributed by atoms with van der Waals surface area (Å²) in [6, 6.07) is 5.41. The highest BCUT2D eigenvalue weighted by atomic mass is 35.5. The number of hydrogen-bond acceptors (Lipinski definition) is 2. The van der Waals surface area contributed by atoms with Gasteiger partial charge < -0.3 is 10.4 Å². The van der Waals surface area contributed by atoms with Crippen molar-refractivity contribution in [2.75, 3.05) is 6.54 Å². The third-order valence-electron chi connectivity index (χ3n) is 2.18. The molecule has 15 heavy (non-hydrogen) atoms. The number of halogens is 2.